The van der Waals surface area contributed by atoms with E-state index in [1.54, 1.807) is 6.07 Å². The van der Waals surface area contributed by atoms with E-state index in [1.165, 1.54) is 0 Å². The van der Waals surface area contributed by atoms with Crippen molar-refractivity contribution in [1.29, 1.82) is 0 Å². The van der Waals surface area contributed by atoms with E-state index in [2.05, 4.69) is 6.92 Å². The SMILES string of the molecule is Cc1ccc(-c2nn(CC3CCC(COCC(=O)O)CC3)c(C)c2-c2ccccc2)c(F)c1. The summed E-state index contributed by atoms with van der Waals surface area (Å²) in [6, 6.07) is 15.4. The molecular formula is C27H31FN2O3. The fraction of sp³-hybridized carbons (Fsp3) is 0.407. The molecule has 6 heteroatoms. The Morgan fingerprint density at radius 3 is 2.45 bits per heavy atom. The summed E-state index contributed by atoms with van der Waals surface area (Å²) >= 11 is 0. The van der Waals surface area contributed by atoms with Gasteiger partial charge < -0.3 is 9.84 Å². The van der Waals surface area contributed by atoms with Gasteiger partial charge in [0, 0.05) is 23.4 Å². The minimum Gasteiger partial charge on any atom is -0.480 e. The summed E-state index contributed by atoms with van der Waals surface area (Å²) in [4.78, 5) is 10.6. The average molecular weight is 451 g/mol. The second kappa shape index (κ2) is 10.3. The van der Waals surface area contributed by atoms with Crippen molar-refractivity contribution in [3.05, 3.63) is 65.6 Å². The van der Waals surface area contributed by atoms with E-state index < -0.39 is 5.97 Å². The highest BCUT2D eigenvalue weighted by molar-refractivity contribution is 5.83. The van der Waals surface area contributed by atoms with Crippen molar-refractivity contribution in [3.63, 3.8) is 0 Å². The minimum atomic E-state index is -0.923. The predicted molar refractivity (Wildman–Crippen MR) is 126 cm³/mol. The van der Waals surface area contributed by atoms with Gasteiger partial charge >= 0.3 is 5.97 Å². The lowest BCUT2D eigenvalue weighted by Gasteiger charge is -2.28. The van der Waals surface area contributed by atoms with Crippen LogP contribution in [0.1, 0.15) is 36.9 Å². The minimum absolute atomic E-state index is 0.229. The zero-order chi connectivity index (χ0) is 23.4. The van der Waals surface area contributed by atoms with E-state index in [1.807, 2.05) is 54.1 Å². The highest BCUT2D eigenvalue weighted by atomic mass is 19.1. The van der Waals surface area contributed by atoms with Crippen LogP contribution in [-0.2, 0) is 16.1 Å². The summed E-state index contributed by atoms with van der Waals surface area (Å²) in [6.45, 7) is 5.03. The number of ether oxygens (including phenoxy) is 1. The number of aliphatic carboxylic acids is 1. The summed E-state index contributed by atoms with van der Waals surface area (Å²) in [5.41, 5.74) is 5.16. The molecule has 0 amide bonds. The Morgan fingerprint density at radius 2 is 1.79 bits per heavy atom. The van der Waals surface area contributed by atoms with Crippen molar-refractivity contribution in [3.8, 4) is 22.4 Å². The van der Waals surface area contributed by atoms with Crippen LogP contribution in [0.25, 0.3) is 22.4 Å². The molecule has 0 bridgehead atoms. The fourth-order valence-corrected chi connectivity index (χ4v) is 4.81. The van der Waals surface area contributed by atoms with Gasteiger partial charge in [-0.25, -0.2) is 9.18 Å². The van der Waals surface area contributed by atoms with Crippen molar-refractivity contribution in [2.24, 2.45) is 11.8 Å². The molecule has 1 fully saturated rings. The van der Waals surface area contributed by atoms with E-state index in [0.717, 1.165) is 54.6 Å². The number of aromatic nitrogens is 2. The summed E-state index contributed by atoms with van der Waals surface area (Å²) in [7, 11) is 0. The first-order valence-electron chi connectivity index (χ1n) is 11.6. The van der Waals surface area contributed by atoms with Gasteiger partial charge in [-0.15, -0.1) is 0 Å². The van der Waals surface area contributed by atoms with Crippen LogP contribution < -0.4 is 0 Å². The van der Waals surface area contributed by atoms with Crippen molar-refractivity contribution >= 4 is 5.97 Å². The summed E-state index contributed by atoms with van der Waals surface area (Å²) in [6.07, 6.45) is 4.15. The molecule has 3 aromatic rings. The van der Waals surface area contributed by atoms with Gasteiger partial charge in [0.2, 0.25) is 0 Å². The van der Waals surface area contributed by atoms with Crippen LogP contribution >= 0.6 is 0 Å². The van der Waals surface area contributed by atoms with Crippen LogP contribution in [0.2, 0.25) is 0 Å². The van der Waals surface area contributed by atoms with E-state index in [4.69, 9.17) is 14.9 Å². The molecule has 1 heterocycles. The molecule has 1 aliphatic carbocycles. The molecule has 0 radical (unpaired) electrons. The quantitative estimate of drug-likeness (QED) is 0.465. The molecule has 0 saturated heterocycles. The molecule has 2 aromatic carbocycles. The molecule has 1 saturated carbocycles. The van der Waals surface area contributed by atoms with Crippen LogP contribution in [0, 0.1) is 31.5 Å². The number of hydrogen-bond acceptors (Lipinski definition) is 3. The highest BCUT2D eigenvalue weighted by Crippen LogP contribution is 2.37. The molecule has 33 heavy (non-hydrogen) atoms. The molecule has 0 aliphatic heterocycles. The van der Waals surface area contributed by atoms with Gasteiger partial charge in [0.15, 0.2) is 0 Å². The number of carboxylic acids is 1. The molecule has 1 N–H and O–H groups in total. The topological polar surface area (TPSA) is 64.4 Å². The lowest BCUT2D eigenvalue weighted by molar-refractivity contribution is -0.142. The maximum Gasteiger partial charge on any atom is 0.329 e. The van der Waals surface area contributed by atoms with Gasteiger partial charge in [-0.3, -0.25) is 4.68 Å². The normalized spacial score (nSPS) is 18.4. The third kappa shape index (κ3) is 5.50. The Labute approximate surface area is 194 Å². The Kier molecular flexibility index (Phi) is 7.23. The van der Waals surface area contributed by atoms with Crippen LogP contribution in [-0.4, -0.2) is 34.1 Å². The molecule has 0 atom stereocenters. The zero-order valence-electron chi connectivity index (χ0n) is 19.3. The van der Waals surface area contributed by atoms with Gasteiger partial charge in [0.1, 0.15) is 18.1 Å². The number of carbonyl (C=O) groups is 1. The molecule has 1 aromatic heterocycles. The fourth-order valence-electron chi connectivity index (χ4n) is 4.81. The lowest BCUT2D eigenvalue weighted by atomic mass is 9.82. The van der Waals surface area contributed by atoms with E-state index in [0.29, 0.717) is 29.7 Å². The molecule has 0 spiro atoms. The first kappa shape index (κ1) is 23.2. The maximum absolute atomic E-state index is 14.9. The van der Waals surface area contributed by atoms with Crippen molar-refractivity contribution in [1.82, 2.24) is 9.78 Å². The summed E-state index contributed by atoms with van der Waals surface area (Å²) in [5.74, 6) is -0.276. The lowest BCUT2D eigenvalue weighted by Crippen LogP contribution is -2.23. The standard InChI is InChI=1S/C27H31FN2O3/c1-18-8-13-23(24(28)14-18)27-26(22-6-4-3-5-7-22)19(2)30(29-27)15-20-9-11-21(12-10-20)16-33-17-25(31)32/h3-8,13-14,20-21H,9-12,15-17H2,1-2H3,(H,31,32). The van der Waals surface area contributed by atoms with Crippen LogP contribution in [0.15, 0.2) is 48.5 Å². The van der Waals surface area contributed by atoms with Crippen LogP contribution in [0.4, 0.5) is 4.39 Å². The smallest absolute Gasteiger partial charge is 0.329 e. The number of carboxylic acid groups (broad SMARTS) is 1. The average Bonchev–Trinajstić information content (AvgIpc) is 3.11. The van der Waals surface area contributed by atoms with E-state index in [-0.39, 0.29) is 12.4 Å². The predicted octanol–water partition coefficient (Wildman–Crippen LogP) is 5.88. The number of halogens is 1. The monoisotopic (exact) mass is 450 g/mol. The van der Waals surface area contributed by atoms with Crippen LogP contribution in [0.5, 0.6) is 0 Å². The third-order valence-electron chi connectivity index (χ3n) is 6.63. The highest BCUT2D eigenvalue weighted by Gasteiger charge is 2.25. The van der Waals surface area contributed by atoms with Crippen LogP contribution in [0.3, 0.4) is 0 Å². The Bertz CT molecular complexity index is 1100. The van der Waals surface area contributed by atoms with Gasteiger partial charge in [-0.2, -0.15) is 5.10 Å². The zero-order valence-corrected chi connectivity index (χ0v) is 19.3. The Hall–Kier alpha value is -2.99. The number of hydrogen-bond donors (Lipinski definition) is 1. The number of rotatable bonds is 8. The maximum atomic E-state index is 14.9. The van der Waals surface area contributed by atoms with Crippen molar-refractivity contribution < 1.29 is 19.0 Å². The summed E-state index contributed by atoms with van der Waals surface area (Å²) < 4.78 is 22.3. The van der Waals surface area contributed by atoms with E-state index in [9.17, 15) is 9.18 Å². The molecule has 4 rings (SSSR count). The Balaban J connectivity index is 1.55. The Morgan fingerprint density at radius 1 is 1.09 bits per heavy atom. The van der Waals surface area contributed by atoms with Gasteiger partial charge in [0.25, 0.3) is 0 Å². The molecule has 0 unspecified atom stereocenters. The van der Waals surface area contributed by atoms with Gasteiger partial charge in [-0.1, -0.05) is 36.4 Å². The number of nitrogens with zero attached hydrogens (tertiary/aromatic N) is 2. The summed E-state index contributed by atoms with van der Waals surface area (Å²) in [5, 5.41) is 13.7. The molecule has 5 nitrogen and oxygen atoms in total. The second-order valence-corrected chi connectivity index (χ2v) is 9.14. The van der Waals surface area contributed by atoms with Gasteiger partial charge in [-0.05, 0) is 74.6 Å². The number of aryl methyl sites for hydroxylation is 1. The van der Waals surface area contributed by atoms with Gasteiger partial charge in [0.05, 0.1) is 6.61 Å². The molecular weight excluding hydrogens is 419 g/mol. The molecule has 1 aliphatic rings. The third-order valence-corrected chi connectivity index (χ3v) is 6.63. The first-order chi connectivity index (χ1) is 15.9. The molecule has 174 valence electrons. The largest absolute Gasteiger partial charge is 0.480 e. The van der Waals surface area contributed by atoms with Crippen molar-refractivity contribution in [2.45, 2.75) is 46.1 Å². The number of benzene rings is 2. The van der Waals surface area contributed by atoms with E-state index >= 15 is 0 Å². The van der Waals surface area contributed by atoms with Crippen molar-refractivity contribution in [2.75, 3.05) is 13.2 Å². The second-order valence-electron chi connectivity index (χ2n) is 9.14. The first-order valence-corrected chi connectivity index (χ1v) is 11.6.